The molecule has 194 valence electrons. The molecule has 0 aliphatic heterocycles. The zero-order valence-electron chi connectivity index (χ0n) is 20.6. The van der Waals surface area contributed by atoms with Crippen LogP contribution in [0, 0.1) is 0 Å². The second kappa shape index (κ2) is 16.1. The van der Waals surface area contributed by atoms with E-state index in [1.165, 1.54) is 37.1 Å². The molecule has 2 amide bonds. The van der Waals surface area contributed by atoms with Crippen molar-refractivity contribution in [2.45, 2.75) is 77.0 Å². The van der Waals surface area contributed by atoms with E-state index in [-0.39, 0.29) is 22.9 Å². The highest BCUT2D eigenvalue weighted by molar-refractivity contribution is 5.93. The van der Waals surface area contributed by atoms with Gasteiger partial charge < -0.3 is 20.8 Å². The molecular weight excluding hydrogens is 460 g/mol. The van der Waals surface area contributed by atoms with Crippen molar-refractivity contribution in [1.82, 2.24) is 0 Å². The highest BCUT2D eigenvalue weighted by atomic mass is 16.4. The number of carbonyl (C=O) groups excluding carboxylic acids is 2. The average Bonchev–Trinajstić information content (AvgIpc) is 2.85. The van der Waals surface area contributed by atoms with Crippen molar-refractivity contribution in [3.63, 3.8) is 0 Å². The minimum absolute atomic E-state index is 0.0529. The molecule has 0 saturated carbocycles. The standard InChI is InChI=1S/C28H36N2O6/c31-25(29-23-17-13-21(14-18-23)27(33)34)11-9-7-5-3-1-2-4-6-8-10-12-26(32)30-24-19-15-22(16-20-24)28(35)36/h13-20H,1-12H2,(H,29,31)(H,30,32)(H,33,34)(H,35,36). The van der Waals surface area contributed by atoms with Gasteiger partial charge in [0.2, 0.25) is 11.8 Å². The molecule has 8 nitrogen and oxygen atoms in total. The van der Waals surface area contributed by atoms with Crippen molar-refractivity contribution < 1.29 is 29.4 Å². The van der Waals surface area contributed by atoms with Crippen molar-refractivity contribution in [3.8, 4) is 0 Å². The highest BCUT2D eigenvalue weighted by Crippen LogP contribution is 2.15. The summed E-state index contributed by atoms with van der Waals surface area (Å²) >= 11 is 0. The van der Waals surface area contributed by atoms with Gasteiger partial charge in [-0.15, -0.1) is 0 Å². The molecule has 2 aromatic carbocycles. The lowest BCUT2D eigenvalue weighted by Crippen LogP contribution is -2.11. The van der Waals surface area contributed by atoms with Crippen molar-refractivity contribution in [3.05, 3.63) is 59.7 Å². The molecule has 0 aliphatic carbocycles. The number of hydrogen-bond donors (Lipinski definition) is 4. The zero-order valence-corrected chi connectivity index (χ0v) is 20.6. The molecule has 0 aliphatic rings. The van der Waals surface area contributed by atoms with Crippen LogP contribution < -0.4 is 10.6 Å². The molecule has 0 fully saturated rings. The lowest BCUT2D eigenvalue weighted by molar-refractivity contribution is -0.117. The zero-order chi connectivity index (χ0) is 26.2. The molecule has 8 heteroatoms. The van der Waals surface area contributed by atoms with E-state index < -0.39 is 11.9 Å². The first-order chi connectivity index (χ1) is 17.3. The summed E-state index contributed by atoms with van der Waals surface area (Å²) in [7, 11) is 0. The fraction of sp³-hybridized carbons (Fsp3) is 0.429. The number of carboxylic acids is 2. The molecule has 0 saturated heterocycles. The Morgan fingerprint density at radius 1 is 0.472 bits per heavy atom. The fourth-order valence-electron chi connectivity index (χ4n) is 3.82. The third-order valence-corrected chi connectivity index (χ3v) is 5.89. The summed E-state index contributed by atoms with van der Waals surface area (Å²) < 4.78 is 0. The third kappa shape index (κ3) is 11.6. The molecule has 2 aromatic rings. The van der Waals surface area contributed by atoms with Crippen LogP contribution in [0.5, 0.6) is 0 Å². The minimum atomic E-state index is -0.988. The topological polar surface area (TPSA) is 133 Å². The molecule has 36 heavy (non-hydrogen) atoms. The number of rotatable bonds is 17. The Balaban J connectivity index is 1.39. The van der Waals surface area contributed by atoms with Gasteiger partial charge in [0.15, 0.2) is 0 Å². The summed E-state index contributed by atoms with van der Waals surface area (Å²) in [5.41, 5.74) is 1.61. The van der Waals surface area contributed by atoms with E-state index in [1.807, 2.05) is 0 Å². The molecule has 0 bridgehead atoms. The van der Waals surface area contributed by atoms with Crippen LogP contribution in [0.4, 0.5) is 11.4 Å². The maximum absolute atomic E-state index is 12.0. The van der Waals surface area contributed by atoms with E-state index in [2.05, 4.69) is 10.6 Å². The van der Waals surface area contributed by atoms with E-state index >= 15 is 0 Å². The Morgan fingerprint density at radius 3 is 1.03 bits per heavy atom. The third-order valence-electron chi connectivity index (χ3n) is 5.89. The van der Waals surface area contributed by atoms with Crippen LogP contribution in [0.3, 0.4) is 0 Å². The average molecular weight is 497 g/mol. The Bertz CT molecular complexity index is 905. The number of amides is 2. The Labute approximate surface area is 212 Å². The van der Waals surface area contributed by atoms with Crippen LogP contribution in [-0.4, -0.2) is 34.0 Å². The van der Waals surface area contributed by atoms with Gasteiger partial charge in [0.05, 0.1) is 11.1 Å². The number of benzene rings is 2. The van der Waals surface area contributed by atoms with Gasteiger partial charge in [0.1, 0.15) is 0 Å². The van der Waals surface area contributed by atoms with E-state index in [1.54, 1.807) is 24.3 Å². The number of nitrogens with one attached hydrogen (secondary N) is 2. The smallest absolute Gasteiger partial charge is 0.335 e. The largest absolute Gasteiger partial charge is 0.478 e. The predicted molar refractivity (Wildman–Crippen MR) is 139 cm³/mol. The molecule has 0 spiro atoms. The minimum Gasteiger partial charge on any atom is -0.478 e. The molecule has 0 atom stereocenters. The van der Waals surface area contributed by atoms with Gasteiger partial charge in [-0.3, -0.25) is 9.59 Å². The lowest BCUT2D eigenvalue weighted by Gasteiger charge is -2.06. The Kier molecular flexibility index (Phi) is 12.8. The number of carbonyl (C=O) groups is 4. The van der Waals surface area contributed by atoms with E-state index in [9.17, 15) is 19.2 Å². The Hall–Kier alpha value is -3.68. The monoisotopic (exact) mass is 496 g/mol. The normalized spacial score (nSPS) is 10.6. The summed E-state index contributed by atoms with van der Waals surface area (Å²) in [6.07, 6.45) is 11.5. The summed E-state index contributed by atoms with van der Waals surface area (Å²) in [5, 5.41) is 23.4. The number of unbranched alkanes of at least 4 members (excludes halogenated alkanes) is 9. The quantitative estimate of drug-likeness (QED) is 0.189. The van der Waals surface area contributed by atoms with Crippen LogP contribution in [0.25, 0.3) is 0 Å². The summed E-state index contributed by atoms with van der Waals surface area (Å²) in [5.74, 6) is -2.08. The SMILES string of the molecule is O=C(CCCCCCCCCCCCC(=O)Nc1ccc(C(=O)O)cc1)Nc1ccc(C(=O)O)cc1. The fourth-order valence-corrected chi connectivity index (χ4v) is 3.82. The molecule has 0 aromatic heterocycles. The van der Waals surface area contributed by atoms with E-state index in [0.29, 0.717) is 24.2 Å². The van der Waals surface area contributed by atoms with Crippen LogP contribution in [0.15, 0.2) is 48.5 Å². The molecule has 4 N–H and O–H groups in total. The van der Waals surface area contributed by atoms with E-state index in [0.717, 1.165) is 51.4 Å². The maximum Gasteiger partial charge on any atom is 0.335 e. The molecule has 0 radical (unpaired) electrons. The number of hydrogen-bond acceptors (Lipinski definition) is 4. The van der Waals surface area contributed by atoms with Gasteiger partial charge in [-0.25, -0.2) is 9.59 Å². The number of anilines is 2. The first kappa shape index (κ1) is 28.6. The molecule has 0 heterocycles. The summed E-state index contributed by atoms with van der Waals surface area (Å²) in [6, 6.07) is 12.3. The van der Waals surface area contributed by atoms with Crippen molar-refractivity contribution >= 4 is 35.1 Å². The van der Waals surface area contributed by atoms with Crippen molar-refractivity contribution in [1.29, 1.82) is 0 Å². The molecule has 2 rings (SSSR count). The van der Waals surface area contributed by atoms with Crippen LogP contribution in [0.1, 0.15) is 97.8 Å². The summed E-state index contributed by atoms with van der Waals surface area (Å²) in [4.78, 5) is 45.7. The van der Waals surface area contributed by atoms with E-state index in [4.69, 9.17) is 10.2 Å². The van der Waals surface area contributed by atoms with Gasteiger partial charge in [0.25, 0.3) is 0 Å². The highest BCUT2D eigenvalue weighted by Gasteiger charge is 2.06. The second-order valence-corrected chi connectivity index (χ2v) is 8.90. The van der Waals surface area contributed by atoms with Crippen LogP contribution >= 0.6 is 0 Å². The first-order valence-corrected chi connectivity index (χ1v) is 12.6. The Morgan fingerprint density at radius 2 is 0.750 bits per heavy atom. The van der Waals surface area contributed by atoms with Gasteiger partial charge in [-0.2, -0.15) is 0 Å². The van der Waals surface area contributed by atoms with Crippen LogP contribution in [0.2, 0.25) is 0 Å². The van der Waals surface area contributed by atoms with Crippen LogP contribution in [-0.2, 0) is 9.59 Å². The van der Waals surface area contributed by atoms with Gasteiger partial charge in [-0.05, 0) is 61.4 Å². The van der Waals surface area contributed by atoms with Gasteiger partial charge >= 0.3 is 11.9 Å². The maximum atomic E-state index is 12.0. The van der Waals surface area contributed by atoms with Gasteiger partial charge in [-0.1, -0.05) is 51.4 Å². The predicted octanol–water partition coefficient (Wildman–Crippen LogP) is 6.34. The lowest BCUT2D eigenvalue weighted by atomic mass is 10.0. The number of carboxylic acid groups (broad SMARTS) is 2. The van der Waals surface area contributed by atoms with Crippen molar-refractivity contribution in [2.24, 2.45) is 0 Å². The second-order valence-electron chi connectivity index (χ2n) is 8.90. The molecular formula is C28H36N2O6. The number of aromatic carboxylic acids is 2. The molecule has 0 unspecified atom stereocenters. The first-order valence-electron chi connectivity index (χ1n) is 12.6. The summed E-state index contributed by atoms with van der Waals surface area (Å²) in [6.45, 7) is 0. The van der Waals surface area contributed by atoms with Crippen molar-refractivity contribution in [2.75, 3.05) is 10.6 Å². The van der Waals surface area contributed by atoms with Gasteiger partial charge in [0, 0.05) is 24.2 Å².